The number of benzene rings is 1. The Morgan fingerprint density at radius 2 is 1.97 bits per heavy atom. The third-order valence-corrected chi connectivity index (χ3v) is 5.68. The van der Waals surface area contributed by atoms with E-state index in [-0.39, 0.29) is 29.0 Å². The quantitative estimate of drug-likeness (QED) is 0.334. The molecule has 0 aliphatic heterocycles. The number of halogens is 3. The monoisotopic (exact) mass is 453 g/mol. The highest BCUT2D eigenvalue weighted by Gasteiger charge is 2.21. The average molecular weight is 454 g/mol. The second kappa shape index (κ2) is 7.54. The van der Waals surface area contributed by atoms with Gasteiger partial charge >= 0.3 is 0 Å². The fraction of sp³-hybridized carbons (Fsp3) is 0.0588. The van der Waals surface area contributed by atoms with E-state index in [1.54, 1.807) is 30.3 Å². The number of aromatic nitrogens is 5. The zero-order valence-corrected chi connectivity index (χ0v) is 16.7. The maximum Gasteiger partial charge on any atom is 0.265 e. The minimum atomic E-state index is -4.09. The fourth-order valence-electron chi connectivity index (χ4n) is 2.62. The predicted molar refractivity (Wildman–Crippen MR) is 102 cm³/mol. The van der Waals surface area contributed by atoms with Gasteiger partial charge in [0.25, 0.3) is 9.05 Å². The summed E-state index contributed by atoms with van der Waals surface area (Å²) in [6.45, 7) is 0.108. The van der Waals surface area contributed by atoms with Crippen molar-refractivity contribution in [2.24, 2.45) is 0 Å². The van der Waals surface area contributed by atoms with Crippen LogP contribution in [0.2, 0.25) is 5.15 Å². The molecule has 4 aromatic rings. The third kappa shape index (κ3) is 4.00. The summed E-state index contributed by atoms with van der Waals surface area (Å²) in [4.78, 5) is 7.54. The molecule has 0 saturated heterocycles. The molecule has 0 atom stereocenters. The van der Waals surface area contributed by atoms with Crippen LogP contribution >= 0.6 is 22.3 Å². The third-order valence-electron chi connectivity index (χ3n) is 3.96. The number of hydrogen-bond acceptors (Lipinski definition) is 7. The van der Waals surface area contributed by atoms with Gasteiger partial charge in [-0.15, -0.1) is 0 Å². The Labute approximate surface area is 173 Å². The predicted octanol–water partition coefficient (Wildman–Crippen LogP) is 3.76. The van der Waals surface area contributed by atoms with Crippen LogP contribution in [-0.4, -0.2) is 33.3 Å². The van der Waals surface area contributed by atoms with E-state index in [9.17, 15) is 12.8 Å². The Morgan fingerprint density at radius 1 is 1.17 bits per heavy atom. The summed E-state index contributed by atoms with van der Waals surface area (Å²) < 4.78 is 43.5. The second-order valence-corrected chi connectivity index (χ2v) is 8.73. The van der Waals surface area contributed by atoms with Crippen LogP contribution in [0.4, 0.5) is 4.39 Å². The molecule has 1 aromatic carbocycles. The minimum absolute atomic E-state index is 0.0658. The SMILES string of the molecule is O=S(=O)(Cl)c1cnc(-c2cc(-c3ccon3)n(Cc3ccccc3F)n2)nc1Cl. The molecule has 8 nitrogen and oxygen atoms in total. The zero-order chi connectivity index (χ0) is 20.6. The lowest BCUT2D eigenvalue weighted by Gasteiger charge is -2.06. The molecule has 148 valence electrons. The largest absolute Gasteiger partial charge is 0.364 e. The van der Waals surface area contributed by atoms with Crippen molar-refractivity contribution in [3.8, 4) is 22.9 Å². The Balaban J connectivity index is 1.80. The van der Waals surface area contributed by atoms with Crippen molar-refractivity contribution in [3.63, 3.8) is 0 Å². The number of rotatable bonds is 5. The summed E-state index contributed by atoms with van der Waals surface area (Å²) >= 11 is 5.93. The van der Waals surface area contributed by atoms with Gasteiger partial charge in [0.1, 0.15) is 28.4 Å². The molecule has 0 radical (unpaired) electrons. The van der Waals surface area contributed by atoms with Gasteiger partial charge in [0.05, 0.1) is 18.4 Å². The van der Waals surface area contributed by atoms with E-state index in [0.717, 1.165) is 6.20 Å². The molecule has 0 aliphatic carbocycles. The fourth-order valence-corrected chi connectivity index (χ4v) is 3.94. The summed E-state index contributed by atoms with van der Waals surface area (Å²) in [5, 5.41) is 7.96. The Hall–Kier alpha value is -2.82. The molecule has 29 heavy (non-hydrogen) atoms. The Morgan fingerprint density at radius 3 is 2.62 bits per heavy atom. The van der Waals surface area contributed by atoms with Crippen molar-refractivity contribution >= 4 is 31.3 Å². The Kier molecular flexibility index (Phi) is 5.07. The van der Waals surface area contributed by atoms with Crippen molar-refractivity contribution in [1.29, 1.82) is 0 Å². The minimum Gasteiger partial charge on any atom is -0.364 e. The summed E-state index contributed by atoms with van der Waals surface area (Å²) in [6.07, 6.45) is 2.39. The highest BCUT2D eigenvalue weighted by molar-refractivity contribution is 8.13. The van der Waals surface area contributed by atoms with Crippen molar-refractivity contribution < 1.29 is 17.3 Å². The van der Waals surface area contributed by atoms with Crippen LogP contribution in [0, 0.1) is 5.82 Å². The number of nitrogens with zero attached hydrogens (tertiary/aromatic N) is 5. The molecule has 0 aliphatic rings. The highest BCUT2D eigenvalue weighted by atomic mass is 35.7. The first-order valence-corrected chi connectivity index (χ1v) is 10.7. The van der Waals surface area contributed by atoms with E-state index in [4.69, 9.17) is 26.8 Å². The summed E-state index contributed by atoms with van der Waals surface area (Å²) in [6, 6.07) is 9.52. The lowest BCUT2D eigenvalue weighted by molar-refractivity contribution is 0.421. The van der Waals surface area contributed by atoms with Gasteiger partial charge < -0.3 is 4.52 Å². The molecular formula is C17H10Cl2FN5O3S. The van der Waals surface area contributed by atoms with Gasteiger partial charge in [-0.2, -0.15) is 5.10 Å². The molecule has 0 spiro atoms. The van der Waals surface area contributed by atoms with Crippen LogP contribution in [0.15, 0.2) is 58.3 Å². The van der Waals surface area contributed by atoms with Gasteiger partial charge in [-0.1, -0.05) is 35.0 Å². The zero-order valence-electron chi connectivity index (χ0n) is 14.3. The Bertz CT molecular complexity index is 1290. The first kappa shape index (κ1) is 19.5. The van der Waals surface area contributed by atoms with Gasteiger partial charge in [0.15, 0.2) is 11.0 Å². The smallest absolute Gasteiger partial charge is 0.265 e. The molecular weight excluding hydrogens is 444 g/mol. The molecule has 0 saturated carbocycles. The molecule has 0 bridgehead atoms. The molecule has 0 unspecified atom stereocenters. The molecule has 3 heterocycles. The van der Waals surface area contributed by atoms with Crippen molar-refractivity contribution in [1.82, 2.24) is 24.9 Å². The molecule has 0 N–H and O–H groups in total. The first-order valence-electron chi connectivity index (χ1n) is 8.02. The van der Waals surface area contributed by atoms with Crippen LogP contribution in [0.3, 0.4) is 0 Å². The van der Waals surface area contributed by atoms with Gasteiger partial charge in [-0.25, -0.2) is 22.8 Å². The molecule has 0 amide bonds. The van der Waals surface area contributed by atoms with E-state index in [1.807, 2.05) is 0 Å². The van der Waals surface area contributed by atoms with Gasteiger partial charge in [-0.05, 0) is 12.1 Å². The maximum atomic E-state index is 14.1. The van der Waals surface area contributed by atoms with E-state index in [2.05, 4.69) is 20.2 Å². The van der Waals surface area contributed by atoms with Crippen LogP contribution in [0.25, 0.3) is 22.9 Å². The highest BCUT2D eigenvalue weighted by Crippen LogP contribution is 2.28. The lowest BCUT2D eigenvalue weighted by Crippen LogP contribution is -2.06. The van der Waals surface area contributed by atoms with Gasteiger partial charge in [-0.3, -0.25) is 4.68 Å². The van der Waals surface area contributed by atoms with Gasteiger partial charge in [0, 0.05) is 22.3 Å². The molecule has 0 fully saturated rings. The summed E-state index contributed by atoms with van der Waals surface area (Å²) in [5.74, 6) is -0.317. The van der Waals surface area contributed by atoms with Crippen molar-refractivity contribution in [3.05, 3.63) is 65.4 Å². The lowest BCUT2D eigenvalue weighted by atomic mass is 10.2. The maximum absolute atomic E-state index is 14.1. The molecule has 3 aromatic heterocycles. The first-order chi connectivity index (χ1) is 13.8. The second-order valence-electron chi connectivity index (χ2n) is 5.84. The summed E-state index contributed by atoms with van der Waals surface area (Å²) in [5.41, 5.74) is 1.67. The van der Waals surface area contributed by atoms with E-state index >= 15 is 0 Å². The van der Waals surface area contributed by atoms with Crippen molar-refractivity contribution in [2.45, 2.75) is 11.4 Å². The van der Waals surface area contributed by atoms with Crippen LogP contribution in [0.5, 0.6) is 0 Å². The van der Waals surface area contributed by atoms with E-state index < -0.39 is 13.9 Å². The standard InChI is InChI=1S/C17H10Cl2FN5O3S/c18-16-15(29(19,26)27)8-21-17(22-16)13-7-14(12-5-6-28-24-12)25(23-13)9-10-3-1-2-4-11(10)20/h1-8H,9H2. The van der Waals surface area contributed by atoms with Crippen LogP contribution < -0.4 is 0 Å². The van der Waals surface area contributed by atoms with Gasteiger partial charge in [0.2, 0.25) is 0 Å². The van der Waals surface area contributed by atoms with E-state index in [1.165, 1.54) is 17.0 Å². The number of hydrogen-bond donors (Lipinski definition) is 0. The van der Waals surface area contributed by atoms with Crippen LogP contribution in [-0.2, 0) is 15.6 Å². The molecule has 12 heteroatoms. The summed E-state index contributed by atoms with van der Waals surface area (Å²) in [7, 11) is 1.21. The topological polar surface area (TPSA) is 104 Å². The van der Waals surface area contributed by atoms with Crippen LogP contribution in [0.1, 0.15) is 5.56 Å². The average Bonchev–Trinajstić information content (AvgIpc) is 3.32. The molecule has 4 rings (SSSR count). The van der Waals surface area contributed by atoms with E-state index in [0.29, 0.717) is 17.0 Å². The van der Waals surface area contributed by atoms with Crippen molar-refractivity contribution in [2.75, 3.05) is 0 Å². The normalized spacial score (nSPS) is 11.7.